The molecular formula is C9H13N3O4S. The highest BCUT2D eigenvalue weighted by Gasteiger charge is 2.18. The molecule has 17 heavy (non-hydrogen) atoms. The quantitative estimate of drug-likeness (QED) is 0.564. The molecule has 0 spiro atoms. The summed E-state index contributed by atoms with van der Waals surface area (Å²) in [6.07, 6.45) is 1.59. The number of carbonyl (C=O) groups is 2. The van der Waals surface area contributed by atoms with Crippen molar-refractivity contribution in [1.82, 2.24) is 15.6 Å². The number of aliphatic hydroxyl groups excluding tert-OH is 1. The maximum atomic E-state index is 11.3. The van der Waals surface area contributed by atoms with Crippen molar-refractivity contribution in [3.05, 3.63) is 16.6 Å². The van der Waals surface area contributed by atoms with Crippen LogP contribution < -0.4 is 10.6 Å². The molecule has 1 heterocycles. The van der Waals surface area contributed by atoms with E-state index in [0.717, 1.165) is 4.88 Å². The molecule has 1 atom stereocenters. The van der Waals surface area contributed by atoms with Crippen molar-refractivity contribution in [2.45, 2.75) is 19.0 Å². The van der Waals surface area contributed by atoms with E-state index < -0.39 is 18.0 Å². The van der Waals surface area contributed by atoms with Crippen LogP contribution in [0.5, 0.6) is 0 Å². The summed E-state index contributed by atoms with van der Waals surface area (Å²) in [5, 5.41) is 22.1. The first-order valence-corrected chi connectivity index (χ1v) is 5.77. The Morgan fingerprint density at radius 2 is 2.29 bits per heavy atom. The number of nitrogens with one attached hydrogen (secondary N) is 2. The lowest BCUT2D eigenvalue weighted by molar-refractivity contribution is -0.139. The average Bonchev–Trinajstić information content (AvgIpc) is 2.78. The molecule has 1 rings (SSSR count). The topological polar surface area (TPSA) is 112 Å². The third-order valence-electron chi connectivity index (χ3n) is 1.93. The minimum absolute atomic E-state index is 0.0245. The third-order valence-corrected chi connectivity index (χ3v) is 2.71. The molecule has 0 aliphatic carbocycles. The molecule has 8 heteroatoms. The molecule has 1 unspecified atom stereocenters. The molecule has 0 fully saturated rings. The number of hydrogen-bond acceptors (Lipinski definition) is 5. The van der Waals surface area contributed by atoms with Gasteiger partial charge in [-0.2, -0.15) is 0 Å². The number of nitrogens with zero attached hydrogens (tertiary/aromatic N) is 1. The summed E-state index contributed by atoms with van der Waals surface area (Å²) in [4.78, 5) is 26.7. The zero-order valence-corrected chi connectivity index (χ0v) is 9.74. The number of carboxylic acid groups (broad SMARTS) is 1. The van der Waals surface area contributed by atoms with Crippen LogP contribution in [0.2, 0.25) is 0 Å². The Bertz CT molecular complexity index is 368. The molecule has 0 aliphatic rings. The molecule has 0 aliphatic heterocycles. The molecule has 7 nitrogen and oxygen atoms in total. The smallest absolute Gasteiger partial charge is 0.326 e. The predicted octanol–water partition coefficient (Wildman–Crippen LogP) is -0.222. The van der Waals surface area contributed by atoms with Crippen molar-refractivity contribution in [3.8, 4) is 0 Å². The fourth-order valence-electron chi connectivity index (χ4n) is 1.09. The molecule has 0 saturated heterocycles. The second-order valence-electron chi connectivity index (χ2n) is 3.20. The molecule has 0 radical (unpaired) electrons. The molecule has 0 bridgehead atoms. The fraction of sp³-hybridized carbons (Fsp3) is 0.444. The molecule has 94 valence electrons. The Labute approximate surface area is 101 Å². The van der Waals surface area contributed by atoms with Gasteiger partial charge in [-0.1, -0.05) is 0 Å². The number of aliphatic hydroxyl groups is 1. The molecule has 1 aromatic rings. The van der Waals surface area contributed by atoms with Crippen molar-refractivity contribution in [1.29, 1.82) is 0 Å². The molecule has 1 aromatic heterocycles. The van der Waals surface area contributed by atoms with E-state index in [1.165, 1.54) is 11.3 Å². The van der Waals surface area contributed by atoms with E-state index in [0.29, 0.717) is 6.54 Å². The molecule has 4 N–H and O–H groups in total. The number of aromatic nitrogens is 1. The van der Waals surface area contributed by atoms with Gasteiger partial charge < -0.3 is 20.8 Å². The van der Waals surface area contributed by atoms with E-state index in [1.54, 1.807) is 11.7 Å². The minimum Gasteiger partial charge on any atom is -0.480 e. The van der Waals surface area contributed by atoms with Gasteiger partial charge >= 0.3 is 12.0 Å². The number of amides is 2. The van der Waals surface area contributed by atoms with E-state index >= 15 is 0 Å². The molecular weight excluding hydrogens is 246 g/mol. The Kier molecular flexibility index (Phi) is 5.37. The van der Waals surface area contributed by atoms with E-state index in [9.17, 15) is 9.59 Å². The molecule has 0 aromatic carbocycles. The third kappa shape index (κ3) is 4.79. The van der Waals surface area contributed by atoms with Crippen molar-refractivity contribution >= 4 is 23.3 Å². The number of urea groups is 1. The van der Waals surface area contributed by atoms with Gasteiger partial charge in [0.15, 0.2) is 0 Å². The van der Waals surface area contributed by atoms with Crippen LogP contribution in [0.25, 0.3) is 0 Å². The maximum Gasteiger partial charge on any atom is 0.326 e. The Morgan fingerprint density at radius 3 is 2.82 bits per heavy atom. The summed E-state index contributed by atoms with van der Waals surface area (Å²) in [6, 6.07) is -1.67. The van der Waals surface area contributed by atoms with Gasteiger partial charge in [0.2, 0.25) is 0 Å². The maximum absolute atomic E-state index is 11.3. The Hall–Kier alpha value is -1.67. The second kappa shape index (κ2) is 6.81. The second-order valence-corrected chi connectivity index (χ2v) is 4.17. The standard InChI is InChI=1S/C9H13N3O4S/c13-2-1-7(8(14)15)12-9(16)11-4-6-3-10-5-17-6/h3,5,7,13H,1-2,4H2,(H,14,15)(H2,11,12,16). The summed E-state index contributed by atoms with van der Waals surface area (Å²) in [7, 11) is 0. The van der Waals surface area contributed by atoms with Crippen LogP contribution in [-0.2, 0) is 11.3 Å². The number of carbonyl (C=O) groups excluding carboxylic acids is 1. The zero-order chi connectivity index (χ0) is 12.7. The first kappa shape index (κ1) is 13.4. The lowest BCUT2D eigenvalue weighted by atomic mass is 10.2. The van der Waals surface area contributed by atoms with Gasteiger partial charge in [0.25, 0.3) is 0 Å². The lowest BCUT2D eigenvalue weighted by Crippen LogP contribution is -2.46. The van der Waals surface area contributed by atoms with E-state index in [1.807, 2.05) is 0 Å². The van der Waals surface area contributed by atoms with Crippen LogP contribution in [0, 0.1) is 0 Å². The van der Waals surface area contributed by atoms with Gasteiger partial charge in [-0.15, -0.1) is 11.3 Å². The predicted molar refractivity (Wildman–Crippen MR) is 60.6 cm³/mol. The zero-order valence-electron chi connectivity index (χ0n) is 8.92. The van der Waals surface area contributed by atoms with Gasteiger partial charge in [0.05, 0.1) is 12.1 Å². The van der Waals surface area contributed by atoms with E-state index in [-0.39, 0.29) is 13.0 Å². The highest BCUT2D eigenvalue weighted by Crippen LogP contribution is 2.03. The van der Waals surface area contributed by atoms with Crippen LogP contribution >= 0.6 is 11.3 Å². The highest BCUT2D eigenvalue weighted by molar-refractivity contribution is 7.09. The van der Waals surface area contributed by atoms with Gasteiger partial charge in [0, 0.05) is 24.1 Å². The number of hydrogen-bond donors (Lipinski definition) is 4. The molecule has 2 amide bonds. The van der Waals surface area contributed by atoms with E-state index in [2.05, 4.69) is 15.6 Å². The fourth-order valence-corrected chi connectivity index (χ4v) is 1.63. The van der Waals surface area contributed by atoms with Gasteiger partial charge in [-0.05, 0) is 0 Å². The monoisotopic (exact) mass is 259 g/mol. The SMILES string of the molecule is O=C(NCc1cncs1)NC(CCO)C(=O)O. The highest BCUT2D eigenvalue weighted by atomic mass is 32.1. The summed E-state index contributed by atoms with van der Waals surface area (Å²) < 4.78 is 0. The Morgan fingerprint density at radius 1 is 1.53 bits per heavy atom. The largest absolute Gasteiger partial charge is 0.480 e. The summed E-state index contributed by atoms with van der Waals surface area (Å²) in [5.41, 5.74) is 1.64. The van der Waals surface area contributed by atoms with Crippen LogP contribution in [0.4, 0.5) is 4.79 Å². The van der Waals surface area contributed by atoms with Crippen LogP contribution in [0.1, 0.15) is 11.3 Å². The average molecular weight is 259 g/mol. The summed E-state index contributed by atoms with van der Waals surface area (Å²) >= 11 is 1.39. The first-order valence-electron chi connectivity index (χ1n) is 4.89. The van der Waals surface area contributed by atoms with Crippen LogP contribution in [-0.4, -0.2) is 39.8 Å². The number of carboxylic acids is 1. The van der Waals surface area contributed by atoms with E-state index in [4.69, 9.17) is 10.2 Å². The first-order chi connectivity index (χ1) is 8.13. The van der Waals surface area contributed by atoms with Gasteiger partial charge in [-0.3, -0.25) is 4.98 Å². The normalized spacial score (nSPS) is 11.8. The minimum atomic E-state index is -1.17. The number of rotatable bonds is 6. The van der Waals surface area contributed by atoms with Crippen LogP contribution in [0.15, 0.2) is 11.7 Å². The summed E-state index contributed by atoms with van der Waals surface area (Å²) in [5.74, 6) is -1.17. The van der Waals surface area contributed by atoms with Gasteiger partial charge in [-0.25, -0.2) is 9.59 Å². The summed E-state index contributed by atoms with van der Waals surface area (Å²) in [6.45, 7) is -0.00590. The number of aliphatic carboxylic acids is 1. The van der Waals surface area contributed by atoms with Crippen molar-refractivity contribution in [2.24, 2.45) is 0 Å². The molecule has 0 saturated carbocycles. The van der Waals surface area contributed by atoms with Crippen LogP contribution in [0.3, 0.4) is 0 Å². The lowest BCUT2D eigenvalue weighted by Gasteiger charge is -2.13. The number of thiazole rings is 1. The Balaban J connectivity index is 2.34. The van der Waals surface area contributed by atoms with Gasteiger partial charge in [0.1, 0.15) is 6.04 Å². The van der Waals surface area contributed by atoms with Crippen molar-refractivity contribution in [3.63, 3.8) is 0 Å². The van der Waals surface area contributed by atoms with Crippen molar-refractivity contribution in [2.75, 3.05) is 6.61 Å². The van der Waals surface area contributed by atoms with Crippen molar-refractivity contribution < 1.29 is 19.8 Å².